The molecule has 0 aliphatic carbocycles. The quantitative estimate of drug-likeness (QED) is 0.0944. The molecule has 0 saturated carbocycles. The third-order valence-corrected chi connectivity index (χ3v) is 15.7. The zero-order chi connectivity index (χ0) is 53.7. The molecular formula is C74H64BN3. The van der Waals surface area contributed by atoms with Crippen LogP contribution < -0.4 is 31.1 Å². The number of fused-ring (bicyclic) bond motifs is 4. The first-order valence-electron chi connectivity index (χ1n) is 27.3. The van der Waals surface area contributed by atoms with E-state index < -0.39 is 0 Å². The van der Waals surface area contributed by atoms with Gasteiger partial charge >= 0.3 is 0 Å². The molecule has 0 fully saturated rings. The Morgan fingerprint density at radius 3 is 1.26 bits per heavy atom. The van der Waals surface area contributed by atoms with Gasteiger partial charge in [0.05, 0.1) is 5.69 Å². The lowest BCUT2D eigenvalue weighted by Crippen LogP contribution is -2.61. The van der Waals surface area contributed by atoms with Crippen molar-refractivity contribution in [3.05, 3.63) is 285 Å². The van der Waals surface area contributed by atoms with E-state index in [-0.39, 0.29) is 17.5 Å². The molecule has 0 spiro atoms. The Labute approximate surface area is 462 Å². The summed E-state index contributed by atoms with van der Waals surface area (Å²) in [6.07, 6.45) is 5.84. The zero-order valence-electron chi connectivity index (χ0n) is 45.6. The molecule has 378 valence electrons. The Balaban J connectivity index is 1.21. The molecule has 12 rings (SSSR count). The first-order chi connectivity index (χ1) is 37.9. The van der Waals surface area contributed by atoms with Crippen molar-refractivity contribution in [1.82, 2.24) is 0 Å². The minimum atomic E-state index is -0.129. The van der Waals surface area contributed by atoms with E-state index in [4.69, 9.17) is 0 Å². The van der Waals surface area contributed by atoms with E-state index in [0.29, 0.717) is 0 Å². The summed E-state index contributed by atoms with van der Waals surface area (Å²) in [5.41, 5.74) is 25.2. The fourth-order valence-electron chi connectivity index (χ4n) is 11.6. The molecule has 0 amide bonds. The van der Waals surface area contributed by atoms with Gasteiger partial charge in [-0.05, 0) is 156 Å². The van der Waals surface area contributed by atoms with Crippen molar-refractivity contribution in [2.75, 3.05) is 14.7 Å². The first kappa shape index (κ1) is 49.7. The highest BCUT2D eigenvalue weighted by Gasteiger charge is 2.44. The van der Waals surface area contributed by atoms with E-state index in [2.05, 4.69) is 312 Å². The zero-order valence-corrected chi connectivity index (χ0v) is 45.6. The van der Waals surface area contributed by atoms with Crippen LogP contribution in [-0.4, -0.2) is 6.71 Å². The number of nitrogens with zero attached hydrogens (tertiary/aromatic N) is 3. The highest BCUT2D eigenvalue weighted by atomic mass is 15.2. The number of hydrogen-bond acceptors (Lipinski definition) is 3. The van der Waals surface area contributed by atoms with Crippen molar-refractivity contribution >= 4 is 79.9 Å². The second kappa shape index (κ2) is 20.1. The third kappa shape index (κ3) is 9.18. The summed E-state index contributed by atoms with van der Waals surface area (Å²) in [5, 5.41) is 0. The van der Waals surface area contributed by atoms with Crippen molar-refractivity contribution < 1.29 is 0 Å². The molecule has 10 aromatic rings. The van der Waals surface area contributed by atoms with Crippen molar-refractivity contribution in [3.8, 4) is 33.4 Å². The number of rotatable bonds is 11. The van der Waals surface area contributed by atoms with Gasteiger partial charge in [-0.2, -0.15) is 0 Å². The summed E-state index contributed by atoms with van der Waals surface area (Å²) in [4.78, 5) is 7.55. The summed E-state index contributed by atoms with van der Waals surface area (Å²) in [6, 6.07) is 88.0. The molecule has 10 aromatic carbocycles. The molecule has 0 atom stereocenters. The Hall–Kier alpha value is -9.12. The molecule has 78 heavy (non-hydrogen) atoms. The van der Waals surface area contributed by atoms with E-state index in [1.165, 1.54) is 38.6 Å². The smallest absolute Gasteiger partial charge is 0.252 e. The molecule has 3 nitrogen and oxygen atoms in total. The minimum absolute atomic E-state index is 0.0170. The van der Waals surface area contributed by atoms with Gasteiger partial charge in [0.2, 0.25) is 0 Å². The van der Waals surface area contributed by atoms with Gasteiger partial charge in [-0.15, -0.1) is 0 Å². The predicted molar refractivity (Wildman–Crippen MR) is 337 cm³/mol. The van der Waals surface area contributed by atoms with E-state index >= 15 is 0 Å². The topological polar surface area (TPSA) is 9.72 Å². The molecular weight excluding hydrogens is 942 g/mol. The standard InChI is InChI=1S/C74H64BN3/c1-9-22-51(10-2)57-33-43-66-68(47-57)77(63-31-20-29-55(45-63)52-23-14-11-15-24-52)70-49-65(76(61-39-35-59(36-40-61)73(3,4)5)62-41-37-60(38-42-62)74(6,7)8)50-71-72(70)75(66)67-44-34-58(54-27-18-13-19-28-54)48-69(67)78(71)64-32-21-30-56(46-64)53-25-16-12-17-26-53/h9-50H,1-2H2,3-8H3/b51-22+. The van der Waals surface area contributed by atoms with Crippen LogP contribution in [0.2, 0.25) is 0 Å². The molecule has 0 saturated heterocycles. The van der Waals surface area contributed by atoms with Crippen LogP contribution in [-0.2, 0) is 10.8 Å². The Morgan fingerprint density at radius 1 is 0.397 bits per heavy atom. The third-order valence-electron chi connectivity index (χ3n) is 15.7. The number of allylic oxidation sites excluding steroid dienone is 4. The first-order valence-corrected chi connectivity index (χ1v) is 27.3. The van der Waals surface area contributed by atoms with Crippen LogP contribution in [0, 0.1) is 0 Å². The molecule has 0 radical (unpaired) electrons. The number of benzene rings is 10. The second-order valence-corrected chi connectivity index (χ2v) is 22.7. The van der Waals surface area contributed by atoms with Gasteiger partial charge < -0.3 is 14.7 Å². The highest BCUT2D eigenvalue weighted by Crippen LogP contribution is 2.50. The van der Waals surface area contributed by atoms with Crippen molar-refractivity contribution in [1.29, 1.82) is 0 Å². The summed E-state index contributed by atoms with van der Waals surface area (Å²) in [7, 11) is 0. The van der Waals surface area contributed by atoms with Gasteiger partial charge in [0.1, 0.15) is 0 Å². The molecule has 0 N–H and O–H groups in total. The van der Waals surface area contributed by atoms with Gasteiger partial charge in [0, 0.05) is 45.5 Å². The number of anilines is 9. The molecule has 2 aliphatic heterocycles. The van der Waals surface area contributed by atoms with Gasteiger partial charge in [0.15, 0.2) is 0 Å². The molecule has 0 aromatic heterocycles. The van der Waals surface area contributed by atoms with Crippen LogP contribution in [0.15, 0.2) is 268 Å². The van der Waals surface area contributed by atoms with Gasteiger partial charge in [0.25, 0.3) is 6.71 Å². The molecule has 2 heterocycles. The SMILES string of the molecule is C=C/C=C(\C=C)c1ccc2c(c1)N(c1cccc(-c3ccccc3)c1)c1cc(N(c3ccc(C(C)(C)C)cc3)c3ccc(C(C)(C)C)cc3)cc3c1B2c1ccc(-c2ccccc2)cc1N3c1cccc(-c2ccccc2)c1. The molecule has 0 unspecified atom stereocenters. The minimum Gasteiger partial charge on any atom is -0.311 e. The average molecular weight is 1010 g/mol. The fraction of sp³-hybridized carbons (Fsp3) is 0.108. The second-order valence-electron chi connectivity index (χ2n) is 22.7. The van der Waals surface area contributed by atoms with Crippen molar-refractivity contribution in [2.24, 2.45) is 0 Å². The monoisotopic (exact) mass is 1010 g/mol. The van der Waals surface area contributed by atoms with Gasteiger partial charge in [-0.3, -0.25) is 0 Å². The summed E-state index contributed by atoms with van der Waals surface area (Å²) in [6.45, 7) is 22.0. The van der Waals surface area contributed by atoms with E-state index in [0.717, 1.165) is 84.6 Å². The lowest BCUT2D eigenvalue weighted by molar-refractivity contribution is 0.590. The van der Waals surface area contributed by atoms with E-state index in [1.807, 2.05) is 12.2 Å². The molecule has 2 aliphatic rings. The van der Waals surface area contributed by atoms with Gasteiger partial charge in [-0.25, -0.2) is 0 Å². The van der Waals surface area contributed by atoms with E-state index in [9.17, 15) is 0 Å². The fourth-order valence-corrected chi connectivity index (χ4v) is 11.6. The van der Waals surface area contributed by atoms with Crippen molar-refractivity contribution in [2.45, 2.75) is 52.4 Å². The maximum atomic E-state index is 4.29. The average Bonchev–Trinajstić information content (AvgIpc) is 3.52. The van der Waals surface area contributed by atoms with Crippen LogP contribution in [0.4, 0.5) is 51.2 Å². The Morgan fingerprint density at radius 2 is 0.821 bits per heavy atom. The number of hydrogen-bond donors (Lipinski definition) is 0. The molecule has 0 bridgehead atoms. The van der Waals surface area contributed by atoms with Crippen LogP contribution in [0.1, 0.15) is 58.2 Å². The summed E-state index contributed by atoms with van der Waals surface area (Å²) < 4.78 is 0. The maximum absolute atomic E-state index is 4.29. The maximum Gasteiger partial charge on any atom is 0.252 e. The highest BCUT2D eigenvalue weighted by molar-refractivity contribution is 7.00. The largest absolute Gasteiger partial charge is 0.311 e. The van der Waals surface area contributed by atoms with Gasteiger partial charge in [-0.1, -0.05) is 237 Å². The van der Waals surface area contributed by atoms with Crippen molar-refractivity contribution in [3.63, 3.8) is 0 Å². The normalized spacial score (nSPS) is 12.8. The lowest BCUT2D eigenvalue weighted by Gasteiger charge is -2.45. The Kier molecular flexibility index (Phi) is 12.8. The lowest BCUT2D eigenvalue weighted by atomic mass is 9.33. The van der Waals surface area contributed by atoms with E-state index in [1.54, 1.807) is 0 Å². The van der Waals surface area contributed by atoms with Crippen LogP contribution >= 0.6 is 0 Å². The van der Waals surface area contributed by atoms with Crippen LogP contribution in [0.3, 0.4) is 0 Å². The summed E-state index contributed by atoms with van der Waals surface area (Å²) in [5.74, 6) is 0. The molecule has 4 heteroatoms. The van der Waals surface area contributed by atoms with Crippen LogP contribution in [0.5, 0.6) is 0 Å². The van der Waals surface area contributed by atoms with Crippen LogP contribution in [0.25, 0.3) is 39.0 Å². The predicted octanol–water partition coefficient (Wildman–Crippen LogP) is 18.6. The summed E-state index contributed by atoms with van der Waals surface area (Å²) >= 11 is 0. The Bertz CT molecular complexity index is 3840.